The molecule has 1 aliphatic heterocycles. The van der Waals surface area contributed by atoms with Crippen molar-refractivity contribution in [1.29, 1.82) is 0 Å². The minimum absolute atomic E-state index is 0.0421. The van der Waals surface area contributed by atoms with Crippen LogP contribution in [-0.2, 0) is 0 Å². The third-order valence-corrected chi connectivity index (χ3v) is 5.23. The number of likely N-dealkylation sites (tertiary alicyclic amines) is 1. The number of nitrogens with one attached hydrogen (secondary N) is 2. The fourth-order valence-corrected chi connectivity index (χ4v) is 3.89. The lowest BCUT2D eigenvalue weighted by atomic mass is 10.1. The van der Waals surface area contributed by atoms with E-state index in [2.05, 4.69) is 38.6 Å². The highest BCUT2D eigenvalue weighted by Crippen LogP contribution is 2.34. The monoisotopic (exact) mass is 373 g/mol. The van der Waals surface area contributed by atoms with E-state index in [4.69, 9.17) is 4.98 Å². The number of H-pyrrole nitrogens is 2. The Morgan fingerprint density at radius 3 is 2.96 bits per heavy atom. The molecule has 3 heterocycles. The molecule has 0 saturated carbocycles. The third kappa shape index (κ3) is 2.74. The van der Waals surface area contributed by atoms with Crippen LogP contribution in [0.3, 0.4) is 0 Å². The summed E-state index contributed by atoms with van der Waals surface area (Å²) in [6.07, 6.45) is 1.83. The van der Waals surface area contributed by atoms with E-state index in [1.807, 2.05) is 41.3 Å². The van der Waals surface area contributed by atoms with E-state index in [0.29, 0.717) is 23.5 Å². The fraction of sp³-hybridized carbons (Fsp3) is 0.250. The summed E-state index contributed by atoms with van der Waals surface area (Å²) in [4.78, 5) is 23.5. The van der Waals surface area contributed by atoms with E-state index >= 15 is 0 Å². The molecule has 8 nitrogen and oxygen atoms in total. The number of aryl methyl sites for hydroxylation is 1. The van der Waals surface area contributed by atoms with E-state index in [1.165, 1.54) is 5.56 Å². The Morgan fingerprint density at radius 2 is 2.11 bits per heavy atom. The topological polar surface area (TPSA) is 103 Å². The predicted molar refractivity (Wildman–Crippen MR) is 103 cm³/mol. The van der Waals surface area contributed by atoms with E-state index < -0.39 is 0 Å². The number of hydrogen-bond donors (Lipinski definition) is 2. The van der Waals surface area contributed by atoms with Gasteiger partial charge in [-0.15, -0.1) is 10.2 Å². The average molecular weight is 373 g/mol. The minimum Gasteiger partial charge on any atom is -0.340 e. The maximum absolute atomic E-state index is 13.4. The van der Waals surface area contributed by atoms with Gasteiger partial charge in [0.15, 0.2) is 0 Å². The standard InChI is InChI=1S/C20H19N7O/c1-12-8-9-15-16(11-12)22-19(21-15)17-7-4-10-27(17)20(28)14-6-3-2-5-13(14)18-23-25-26-24-18/h2-3,5-6,8-9,11,17H,4,7,10H2,1H3,(H,21,22)(H,23,24,25,26). The molecule has 0 bridgehead atoms. The van der Waals surface area contributed by atoms with Crippen molar-refractivity contribution in [3.63, 3.8) is 0 Å². The molecule has 8 heteroatoms. The van der Waals surface area contributed by atoms with Crippen LogP contribution >= 0.6 is 0 Å². The van der Waals surface area contributed by atoms with Crippen molar-refractivity contribution in [2.75, 3.05) is 6.54 Å². The molecule has 4 aromatic rings. The summed E-state index contributed by atoms with van der Waals surface area (Å²) in [5.74, 6) is 1.21. The number of carbonyl (C=O) groups excluding carboxylic acids is 1. The highest BCUT2D eigenvalue weighted by Gasteiger charge is 2.34. The normalized spacial score (nSPS) is 16.8. The first-order valence-electron chi connectivity index (χ1n) is 9.31. The van der Waals surface area contributed by atoms with Crippen molar-refractivity contribution in [2.24, 2.45) is 0 Å². The molecule has 1 amide bonds. The molecule has 0 aliphatic carbocycles. The van der Waals surface area contributed by atoms with Crippen molar-refractivity contribution >= 4 is 16.9 Å². The predicted octanol–water partition coefficient (Wildman–Crippen LogP) is 3.03. The molecule has 2 aromatic heterocycles. The number of rotatable bonds is 3. The van der Waals surface area contributed by atoms with Gasteiger partial charge in [-0.05, 0) is 48.7 Å². The molecule has 1 aliphatic rings. The second kappa shape index (κ2) is 6.56. The second-order valence-corrected chi connectivity index (χ2v) is 7.08. The van der Waals surface area contributed by atoms with Crippen LogP contribution in [0.15, 0.2) is 42.5 Å². The van der Waals surface area contributed by atoms with E-state index in [9.17, 15) is 4.79 Å². The Balaban J connectivity index is 1.51. The van der Waals surface area contributed by atoms with Crippen molar-refractivity contribution in [1.82, 2.24) is 35.5 Å². The minimum atomic E-state index is -0.0708. The number of hydrogen-bond acceptors (Lipinski definition) is 5. The smallest absolute Gasteiger partial charge is 0.255 e. The number of imidazole rings is 1. The van der Waals surface area contributed by atoms with Gasteiger partial charge >= 0.3 is 0 Å². The lowest BCUT2D eigenvalue weighted by Gasteiger charge is -2.24. The molecular formula is C20H19N7O. The Hall–Kier alpha value is -3.55. The van der Waals surface area contributed by atoms with Gasteiger partial charge in [-0.2, -0.15) is 5.21 Å². The van der Waals surface area contributed by atoms with Crippen molar-refractivity contribution < 1.29 is 4.79 Å². The highest BCUT2D eigenvalue weighted by atomic mass is 16.2. The summed E-state index contributed by atoms with van der Waals surface area (Å²) >= 11 is 0. The van der Waals surface area contributed by atoms with Gasteiger partial charge in [0.25, 0.3) is 5.91 Å². The van der Waals surface area contributed by atoms with Gasteiger partial charge in [-0.3, -0.25) is 4.79 Å². The summed E-state index contributed by atoms with van der Waals surface area (Å²) in [6.45, 7) is 2.75. The second-order valence-electron chi connectivity index (χ2n) is 7.08. The maximum Gasteiger partial charge on any atom is 0.255 e. The molecule has 1 fully saturated rings. The molecule has 5 rings (SSSR count). The van der Waals surface area contributed by atoms with Gasteiger partial charge in [0.2, 0.25) is 5.82 Å². The highest BCUT2D eigenvalue weighted by molar-refractivity contribution is 6.00. The Morgan fingerprint density at radius 1 is 1.21 bits per heavy atom. The Labute approximate surface area is 161 Å². The lowest BCUT2D eigenvalue weighted by Crippen LogP contribution is -2.31. The van der Waals surface area contributed by atoms with Crippen LogP contribution in [-0.4, -0.2) is 47.9 Å². The third-order valence-electron chi connectivity index (χ3n) is 5.23. The maximum atomic E-state index is 13.4. The molecule has 1 atom stereocenters. The van der Waals surface area contributed by atoms with Crippen LogP contribution < -0.4 is 0 Å². The zero-order valence-corrected chi connectivity index (χ0v) is 15.4. The largest absolute Gasteiger partial charge is 0.340 e. The van der Waals surface area contributed by atoms with Crippen LogP contribution in [0.5, 0.6) is 0 Å². The average Bonchev–Trinajstić information content (AvgIpc) is 3.46. The van der Waals surface area contributed by atoms with Crippen molar-refractivity contribution in [3.05, 3.63) is 59.4 Å². The molecule has 140 valence electrons. The summed E-state index contributed by atoms with van der Waals surface area (Å²) in [5, 5.41) is 14.1. The van der Waals surface area contributed by atoms with E-state index in [0.717, 1.165) is 29.7 Å². The molecule has 1 saturated heterocycles. The fourth-order valence-electron chi connectivity index (χ4n) is 3.89. The quantitative estimate of drug-likeness (QED) is 0.574. The van der Waals surface area contributed by atoms with Crippen LogP contribution in [0.1, 0.15) is 40.6 Å². The van der Waals surface area contributed by atoms with Gasteiger partial charge in [-0.25, -0.2) is 4.98 Å². The van der Waals surface area contributed by atoms with Crippen molar-refractivity contribution in [2.45, 2.75) is 25.8 Å². The zero-order valence-electron chi connectivity index (χ0n) is 15.4. The van der Waals surface area contributed by atoms with Gasteiger partial charge in [0, 0.05) is 12.1 Å². The number of aromatic nitrogens is 6. The molecule has 2 N–H and O–H groups in total. The van der Waals surface area contributed by atoms with E-state index in [1.54, 1.807) is 0 Å². The molecule has 0 spiro atoms. The number of benzene rings is 2. The van der Waals surface area contributed by atoms with Crippen LogP contribution in [0, 0.1) is 6.92 Å². The first-order chi connectivity index (χ1) is 13.7. The SMILES string of the molecule is Cc1ccc2nc(C3CCCN3C(=O)c3ccccc3-c3nn[nH]n3)[nH]c2c1. The van der Waals surface area contributed by atoms with Gasteiger partial charge < -0.3 is 9.88 Å². The number of carbonyl (C=O) groups is 1. The van der Waals surface area contributed by atoms with Gasteiger partial charge in [0.05, 0.1) is 22.6 Å². The molecule has 2 aromatic carbocycles. The number of aromatic amines is 2. The summed E-state index contributed by atoms with van der Waals surface area (Å²) in [5.41, 5.74) is 4.35. The number of tetrazole rings is 1. The first-order valence-corrected chi connectivity index (χ1v) is 9.31. The van der Waals surface area contributed by atoms with Crippen LogP contribution in [0.2, 0.25) is 0 Å². The Kier molecular flexibility index (Phi) is 3.89. The first kappa shape index (κ1) is 16.6. The molecule has 28 heavy (non-hydrogen) atoms. The number of amides is 1. The van der Waals surface area contributed by atoms with Gasteiger partial charge in [-0.1, -0.05) is 24.3 Å². The lowest BCUT2D eigenvalue weighted by molar-refractivity contribution is 0.0731. The summed E-state index contributed by atoms with van der Waals surface area (Å²) in [7, 11) is 0. The van der Waals surface area contributed by atoms with Crippen LogP contribution in [0.25, 0.3) is 22.4 Å². The number of nitrogens with zero attached hydrogens (tertiary/aromatic N) is 5. The van der Waals surface area contributed by atoms with E-state index in [-0.39, 0.29) is 11.9 Å². The summed E-state index contributed by atoms with van der Waals surface area (Å²) < 4.78 is 0. The molecular weight excluding hydrogens is 354 g/mol. The Bertz CT molecular complexity index is 1150. The molecule has 1 unspecified atom stereocenters. The van der Waals surface area contributed by atoms with Crippen LogP contribution in [0.4, 0.5) is 0 Å². The van der Waals surface area contributed by atoms with Crippen molar-refractivity contribution in [3.8, 4) is 11.4 Å². The summed E-state index contributed by atoms with van der Waals surface area (Å²) in [6, 6.07) is 13.4. The molecule has 0 radical (unpaired) electrons. The zero-order chi connectivity index (χ0) is 19.1. The number of fused-ring (bicyclic) bond motifs is 1. The van der Waals surface area contributed by atoms with Gasteiger partial charge in [0.1, 0.15) is 5.82 Å².